The van der Waals surface area contributed by atoms with Gasteiger partial charge in [-0.05, 0) is 12.5 Å². The standard InChI is InChI=1S/C7H12N2O2/c1-2-7(11)9-5-3-4-8-6-10/h2,6H,1,3-5H2,(H,8,10)(H,9,11). The first-order valence-corrected chi connectivity index (χ1v) is 3.38. The van der Waals surface area contributed by atoms with Crippen LogP contribution in [0.15, 0.2) is 12.7 Å². The smallest absolute Gasteiger partial charge is 0.243 e. The van der Waals surface area contributed by atoms with E-state index in [0.29, 0.717) is 19.5 Å². The Morgan fingerprint density at radius 3 is 2.73 bits per heavy atom. The van der Waals surface area contributed by atoms with Crippen molar-refractivity contribution >= 4 is 12.3 Å². The van der Waals surface area contributed by atoms with Crippen LogP contribution in [0.25, 0.3) is 0 Å². The zero-order valence-electron chi connectivity index (χ0n) is 6.30. The van der Waals surface area contributed by atoms with Gasteiger partial charge < -0.3 is 10.6 Å². The average Bonchev–Trinajstić information content (AvgIpc) is 2.04. The molecule has 0 unspecified atom stereocenters. The van der Waals surface area contributed by atoms with Crippen LogP contribution in [-0.2, 0) is 9.59 Å². The topological polar surface area (TPSA) is 58.2 Å². The van der Waals surface area contributed by atoms with Crippen molar-refractivity contribution in [1.29, 1.82) is 0 Å². The van der Waals surface area contributed by atoms with E-state index in [1.807, 2.05) is 0 Å². The van der Waals surface area contributed by atoms with Gasteiger partial charge in [0.25, 0.3) is 0 Å². The summed E-state index contributed by atoms with van der Waals surface area (Å²) in [6, 6.07) is 0. The quantitative estimate of drug-likeness (QED) is 0.307. The Hall–Kier alpha value is -1.32. The highest BCUT2D eigenvalue weighted by molar-refractivity contribution is 5.86. The normalized spacial score (nSPS) is 8.36. The van der Waals surface area contributed by atoms with E-state index >= 15 is 0 Å². The Bertz CT molecular complexity index is 145. The highest BCUT2D eigenvalue weighted by Gasteiger charge is 1.90. The number of carbonyl (C=O) groups is 2. The predicted molar refractivity (Wildman–Crippen MR) is 41.9 cm³/mol. The predicted octanol–water partition coefficient (Wildman–Crippen LogP) is -0.575. The van der Waals surface area contributed by atoms with Gasteiger partial charge in [0.2, 0.25) is 12.3 Å². The molecule has 0 radical (unpaired) electrons. The summed E-state index contributed by atoms with van der Waals surface area (Å²) in [7, 11) is 0. The number of rotatable bonds is 6. The molecule has 0 aromatic rings. The van der Waals surface area contributed by atoms with Gasteiger partial charge in [-0.15, -0.1) is 0 Å². The van der Waals surface area contributed by atoms with Gasteiger partial charge in [-0.2, -0.15) is 0 Å². The Balaban J connectivity index is 3.07. The van der Waals surface area contributed by atoms with Crippen LogP contribution >= 0.6 is 0 Å². The fourth-order valence-electron chi connectivity index (χ4n) is 0.533. The van der Waals surface area contributed by atoms with E-state index < -0.39 is 0 Å². The van der Waals surface area contributed by atoms with Crippen molar-refractivity contribution in [3.05, 3.63) is 12.7 Å². The van der Waals surface area contributed by atoms with Crippen LogP contribution < -0.4 is 10.6 Å². The van der Waals surface area contributed by atoms with Crippen molar-refractivity contribution in [3.8, 4) is 0 Å². The number of amides is 2. The maximum atomic E-state index is 10.5. The third-order valence-electron chi connectivity index (χ3n) is 1.07. The van der Waals surface area contributed by atoms with Crippen LogP contribution in [0.5, 0.6) is 0 Å². The van der Waals surface area contributed by atoms with Crippen LogP contribution in [0, 0.1) is 0 Å². The summed E-state index contributed by atoms with van der Waals surface area (Å²) in [6.07, 6.45) is 2.58. The molecule has 2 N–H and O–H groups in total. The summed E-state index contributed by atoms with van der Waals surface area (Å²) in [5.41, 5.74) is 0. The molecule has 0 spiro atoms. The molecular formula is C7H12N2O2. The molecule has 0 saturated carbocycles. The molecule has 0 aliphatic heterocycles. The second kappa shape index (κ2) is 6.80. The maximum Gasteiger partial charge on any atom is 0.243 e. The highest BCUT2D eigenvalue weighted by atomic mass is 16.1. The Morgan fingerprint density at radius 1 is 1.45 bits per heavy atom. The van der Waals surface area contributed by atoms with Gasteiger partial charge in [-0.1, -0.05) is 6.58 Å². The molecule has 0 aliphatic carbocycles. The van der Waals surface area contributed by atoms with Gasteiger partial charge in [0.1, 0.15) is 0 Å². The van der Waals surface area contributed by atoms with E-state index in [1.165, 1.54) is 6.08 Å². The number of hydrogen-bond donors (Lipinski definition) is 2. The van der Waals surface area contributed by atoms with Crippen molar-refractivity contribution in [2.75, 3.05) is 13.1 Å². The number of nitrogens with one attached hydrogen (secondary N) is 2. The summed E-state index contributed by atoms with van der Waals surface area (Å²) < 4.78 is 0. The fourth-order valence-corrected chi connectivity index (χ4v) is 0.533. The average molecular weight is 156 g/mol. The molecule has 0 aromatic heterocycles. The van der Waals surface area contributed by atoms with E-state index in [9.17, 15) is 9.59 Å². The first kappa shape index (κ1) is 9.68. The van der Waals surface area contributed by atoms with Gasteiger partial charge in [-0.3, -0.25) is 9.59 Å². The minimum absolute atomic E-state index is 0.184. The first-order chi connectivity index (χ1) is 5.31. The van der Waals surface area contributed by atoms with Crippen LogP contribution in [0.2, 0.25) is 0 Å². The second-order valence-corrected chi connectivity index (χ2v) is 1.92. The van der Waals surface area contributed by atoms with Crippen LogP contribution in [0.4, 0.5) is 0 Å². The molecule has 11 heavy (non-hydrogen) atoms. The molecule has 0 aromatic carbocycles. The summed E-state index contributed by atoms with van der Waals surface area (Å²) >= 11 is 0. The van der Waals surface area contributed by atoms with Gasteiger partial charge in [0, 0.05) is 13.1 Å². The van der Waals surface area contributed by atoms with Gasteiger partial charge in [0.05, 0.1) is 0 Å². The van der Waals surface area contributed by atoms with Crippen molar-refractivity contribution in [1.82, 2.24) is 10.6 Å². The third-order valence-corrected chi connectivity index (χ3v) is 1.07. The molecule has 4 heteroatoms. The van der Waals surface area contributed by atoms with Gasteiger partial charge >= 0.3 is 0 Å². The van der Waals surface area contributed by atoms with Crippen molar-refractivity contribution in [2.24, 2.45) is 0 Å². The molecule has 0 atom stereocenters. The fraction of sp³-hybridized carbons (Fsp3) is 0.429. The lowest BCUT2D eigenvalue weighted by Gasteiger charge is -2.00. The van der Waals surface area contributed by atoms with E-state index in [4.69, 9.17) is 0 Å². The summed E-state index contributed by atoms with van der Waals surface area (Å²) in [5, 5.41) is 5.06. The van der Waals surface area contributed by atoms with Crippen molar-refractivity contribution in [2.45, 2.75) is 6.42 Å². The molecule has 0 fully saturated rings. The monoisotopic (exact) mass is 156 g/mol. The lowest BCUT2D eigenvalue weighted by molar-refractivity contribution is -0.116. The molecule has 0 saturated heterocycles. The molecule has 62 valence electrons. The number of carbonyl (C=O) groups excluding carboxylic acids is 2. The minimum Gasteiger partial charge on any atom is -0.359 e. The minimum atomic E-state index is -0.184. The maximum absolute atomic E-state index is 10.5. The van der Waals surface area contributed by atoms with E-state index in [1.54, 1.807) is 0 Å². The molecule has 0 aliphatic rings. The van der Waals surface area contributed by atoms with Crippen molar-refractivity contribution < 1.29 is 9.59 Å². The second-order valence-electron chi connectivity index (χ2n) is 1.92. The first-order valence-electron chi connectivity index (χ1n) is 3.38. The Kier molecular flexibility index (Phi) is 5.98. The largest absolute Gasteiger partial charge is 0.359 e. The molecule has 0 heterocycles. The van der Waals surface area contributed by atoms with Crippen LogP contribution in [-0.4, -0.2) is 25.4 Å². The van der Waals surface area contributed by atoms with Gasteiger partial charge in [0.15, 0.2) is 0 Å². The van der Waals surface area contributed by atoms with Crippen LogP contribution in [0.1, 0.15) is 6.42 Å². The number of hydrogen-bond acceptors (Lipinski definition) is 2. The van der Waals surface area contributed by atoms with E-state index in [0.717, 1.165) is 6.42 Å². The lowest BCUT2D eigenvalue weighted by Crippen LogP contribution is -2.25. The summed E-state index contributed by atoms with van der Waals surface area (Å²) in [5.74, 6) is -0.184. The SMILES string of the molecule is C=CC(=O)NCCCNC=O. The summed E-state index contributed by atoms with van der Waals surface area (Å²) in [4.78, 5) is 20.3. The lowest BCUT2D eigenvalue weighted by atomic mass is 10.4. The highest BCUT2D eigenvalue weighted by Crippen LogP contribution is 1.72. The van der Waals surface area contributed by atoms with Crippen LogP contribution in [0.3, 0.4) is 0 Å². The molecule has 4 nitrogen and oxygen atoms in total. The summed E-state index contributed by atoms with van der Waals surface area (Å²) in [6.45, 7) is 4.44. The molecular weight excluding hydrogens is 144 g/mol. The molecule has 2 amide bonds. The third kappa shape index (κ3) is 6.57. The van der Waals surface area contributed by atoms with Crippen molar-refractivity contribution in [3.63, 3.8) is 0 Å². The zero-order chi connectivity index (χ0) is 8.53. The van der Waals surface area contributed by atoms with Gasteiger partial charge in [-0.25, -0.2) is 0 Å². The molecule has 0 rings (SSSR count). The van der Waals surface area contributed by atoms with E-state index in [2.05, 4.69) is 17.2 Å². The Morgan fingerprint density at radius 2 is 2.18 bits per heavy atom. The van der Waals surface area contributed by atoms with E-state index in [-0.39, 0.29) is 5.91 Å². The molecule has 0 bridgehead atoms. The zero-order valence-corrected chi connectivity index (χ0v) is 6.30. The Labute approximate surface area is 65.7 Å².